The molecule has 0 atom stereocenters. The molecule has 0 aliphatic heterocycles. The fraction of sp³-hybridized carbons (Fsp3) is 0.188. The van der Waals surface area contributed by atoms with Crippen molar-refractivity contribution in [2.45, 2.75) is 6.54 Å². The summed E-state index contributed by atoms with van der Waals surface area (Å²) in [6.07, 6.45) is 3.03. The van der Waals surface area contributed by atoms with E-state index in [-0.39, 0.29) is 42.6 Å². The fourth-order valence-corrected chi connectivity index (χ4v) is 2.43. The molecule has 2 N–H and O–H groups in total. The van der Waals surface area contributed by atoms with E-state index in [2.05, 4.69) is 25.9 Å². The van der Waals surface area contributed by atoms with Crippen LogP contribution in [0.1, 0.15) is 26.9 Å². The van der Waals surface area contributed by atoms with E-state index in [0.29, 0.717) is 5.02 Å². The van der Waals surface area contributed by atoms with Crippen LogP contribution in [0.5, 0.6) is 0 Å². The summed E-state index contributed by atoms with van der Waals surface area (Å²) < 4.78 is 6.37. The van der Waals surface area contributed by atoms with Crippen molar-refractivity contribution in [1.29, 1.82) is 0 Å². The van der Waals surface area contributed by atoms with Gasteiger partial charge in [-0.25, -0.2) is 0 Å². The van der Waals surface area contributed by atoms with Crippen LogP contribution in [-0.4, -0.2) is 49.7 Å². The number of carbonyl (C=O) groups is 2. The normalized spacial score (nSPS) is 10.5. The maximum Gasteiger partial charge on any atom is 0.316 e. The number of nitro benzene ring substituents is 1. The van der Waals surface area contributed by atoms with Crippen molar-refractivity contribution < 1.29 is 19.0 Å². The largest absolute Gasteiger partial charge is 0.350 e. The van der Waals surface area contributed by atoms with Gasteiger partial charge in [-0.1, -0.05) is 22.8 Å². The average molecular weight is 420 g/mol. The SMILES string of the molecule is O=C(NCCNC(=O)c1nc(Cn2cc(Cl)cn2)no1)c1cccc([N+](=O)[O-])c1. The number of aromatic nitrogens is 4. The van der Waals surface area contributed by atoms with Crippen molar-refractivity contribution in [1.82, 2.24) is 30.6 Å². The lowest BCUT2D eigenvalue weighted by Crippen LogP contribution is -2.34. The Balaban J connectivity index is 1.44. The third-order valence-corrected chi connectivity index (χ3v) is 3.78. The van der Waals surface area contributed by atoms with E-state index in [1.165, 1.54) is 35.1 Å². The smallest absolute Gasteiger partial charge is 0.316 e. The van der Waals surface area contributed by atoms with Crippen molar-refractivity contribution >= 4 is 29.1 Å². The van der Waals surface area contributed by atoms with Crippen molar-refractivity contribution in [3.8, 4) is 0 Å². The van der Waals surface area contributed by atoms with Gasteiger partial charge in [0.05, 0.1) is 16.1 Å². The first-order chi connectivity index (χ1) is 13.9. The zero-order valence-electron chi connectivity index (χ0n) is 14.7. The first-order valence-electron chi connectivity index (χ1n) is 8.24. The molecule has 2 amide bonds. The minimum Gasteiger partial charge on any atom is -0.350 e. The molecule has 1 aromatic carbocycles. The zero-order valence-corrected chi connectivity index (χ0v) is 15.5. The van der Waals surface area contributed by atoms with Gasteiger partial charge in [0, 0.05) is 37.0 Å². The van der Waals surface area contributed by atoms with Gasteiger partial charge in [-0.15, -0.1) is 0 Å². The van der Waals surface area contributed by atoms with Gasteiger partial charge < -0.3 is 15.2 Å². The molecular weight excluding hydrogens is 406 g/mol. The molecule has 2 aromatic heterocycles. The van der Waals surface area contributed by atoms with Crippen molar-refractivity contribution in [2.24, 2.45) is 0 Å². The number of rotatable bonds is 8. The summed E-state index contributed by atoms with van der Waals surface area (Å²) in [4.78, 5) is 38.1. The lowest BCUT2D eigenvalue weighted by molar-refractivity contribution is -0.384. The van der Waals surface area contributed by atoms with Crippen LogP contribution in [0.2, 0.25) is 5.02 Å². The number of amides is 2. The van der Waals surface area contributed by atoms with Crippen molar-refractivity contribution in [3.63, 3.8) is 0 Å². The average Bonchev–Trinajstić information content (AvgIpc) is 3.34. The molecule has 0 aliphatic carbocycles. The van der Waals surface area contributed by atoms with Crippen LogP contribution in [0.3, 0.4) is 0 Å². The Morgan fingerprint density at radius 3 is 2.69 bits per heavy atom. The van der Waals surface area contributed by atoms with Gasteiger partial charge in [-0.2, -0.15) is 10.1 Å². The van der Waals surface area contributed by atoms with Crippen LogP contribution >= 0.6 is 11.6 Å². The molecule has 2 heterocycles. The fourth-order valence-electron chi connectivity index (χ4n) is 2.27. The quantitative estimate of drug-likeness (QED) is 0.311. The van der Waals surface area contributed by atoms with E-state index in [9.17, 15) is 19.7 Å². The predicted octanol–water partition coefficient (Wildman–Crippen LogP) is 1.04. The molecule has 13 heteroatoms. The van der Waals surface area contributed by atoms with E-state index in [0.717, 1.165) is 0 Å². The number of non-ortho nitro benzene ring substituents is 1. The molecule has 12 nitrogen and oxygen atoms in total. The van der Waals surface area contributed by atoms with Gasteiger partial charge in [-0.05, 0) is 6.07 Å². The van der Waals surface area contributed by atoms with Gasteiger partial charge in [-0.3, -0.25) is 24.4 Å². The number of hydrogen-bond acceptors (Lipinski definition) is 8. The number of benzene rings is 1. The highest BCUT2D eigenvalue weighted by atomic mass is 35.5. The van der Waals surface area contributed by atoms with E-state index >= 15 is 0 Å². The van der Waals surface area contributed by atoms with Crippen LogP contribution in [0.4, 0.5) is 5.69 Å². The number of hydrogen-bond donors (Lipinski definition) is 2. The van der Waals surface area contributed by atoms with Crippen molar-refractivity contribution in [2.75, 3.05) is 13.1 Å². The highest BCUT2D eigenvalue weighted by molar-refractivity contribution is 6.30. The molecule has 3 rings (SSSR count). The molecule has 0 saturated carbocycles. The standard InChI is InChI=1S/C16H14ClN7O5/c17-11-7-20-23(8-11)9-13-21-16(29-22-13)15(26)19-5-4-18-14(25)10-2-1-3-12(6-10)24(27)28/h1-3,6-8H,4-5,9H2,(H,18,25)(H,19,26). The van der Waals surface area contributed by atoms with Gasteiger partial charge in [0.1, 0.15) is 6.54 Å². The second-order valence-corrected chi connectivity index (χ2v) is 6.13. The molecule has 150 valence electrons. The maximum absolute atomic E-state index is 12.0. The topological polar surface area (TPSA) is 158 Å². The van der Waals surface area contributed by atoms with Crippen LogP contribution in [0.25, 0.3) is 0 Å². The Bertz CT molecular complexity index is 1050. The molecule has 0 spiro atoms. The first kappa shape index (κ1) is 19.9. The van der Waals surface area contributed by atoms with Crippen LogP contribution in [-0.2, 0) is 6.54 Å². The third kappa shape index (κ3) is 5.35. The highest BCUT2D eigenvalue weighted by Crippen LogP contribution is 2.12. The molecule has 3 aromatic rings. The van der Waals surface area contributed by atoms with Crippen LogP contribution in [0.15, 0.2) is 41.2 Å². The Morgan fingerprint density at radius 1 is 1.24 bits per heavy atom. The molecular formula is C16H14ClN7O5. The maximum atomic E-state index is 12.0. The Hall–Kier alpha value is -3.80. The monoisotopic (exact) mass is 419 g/mol. The lowest BCUT2D eigenvalue weighted by atomic mass is 10.2. The summed E-state index contributed by atoms with van der Waals surface area (Å²) in [5, 5.41) is 23.9. The summed E-state index contributed by atoms with van der Waals surface area (Å²) in [7, 11) is 0. The minimum atomic E-state index is -0.605. The number of nitrogens with zero attached hydrogens (tertiary/aromatic N) is 5. The molecule has 0 saturated heterocycles. The second kappa shape index (κ2) is 8.93. The molecule has 0 fully saturated rings. The lowest BCUT2D eigenvalue weighted by Gasteiger charge is -2.05. The molecule has 0 bridgehead atoms. The second-order valence-electron chi connectivity index (χ2n) is 5.69. The summed E-state index contributed by atoms with van der Waals surface area (Å²) in [6, 6.07) is 5.32. The number of carbonyl (C=O) groups excluding carboxylic acids is 2. The number of nitro groups is 1. The summed E-state index contributed by atoms with van der Waals surface area (Å²) in [5.41, 5.74) is -0.0404. The third-order valence-electron chi connectivity index (χ3n) is 3.58. The van der Waals surface area contributed by atoms with E-state index in [1.807, 2.05) is 0 Å². The molecule has 0 aliphatic rings. The summed E-state index contributed by atoms with van der Waals surface area (Å²) >= 11 is 5.76. The van der Waals surface area contributed by atoms with E-state index in [1.54, 1.807) is 6.20 Å². The predicted molar refractivity (Wildman–Crippen MR) is 98.4 cm³/mol. The number of nitrogens with one attached hydrogen (secondary N) is 2. The van der Waals surface area contributed by atoms with Crippen LogP contribution < -0.4 is 10.6 Å². The van der Waals surface area contributed by atoms with Gasteiger partial charge >= 0.3 is 11.8 Å². The Kier molecular flexibility index (Phi) is 6.14. The Morgan fingerprint density at radius 2 is 2.00 bits per heavy atom. The van der Waals surface area contributed by atoms with Gasteiger partial charge in [0.15, 0.2) is 5.82 Å². The number of halogens is 1. The van der Waals surface area contributed by atoms with Gasteiger partial charge in [0.25, 0.3) is 11.6 Å². The molecule has 29 heavy (non-hydrogen) atoms. The summed E-state index contributed by atoms with van der Waals surface area (Å²) in [5.74, 6) is -1.09. The van der Waals surface area contributed by atoms with Crippen LogP contribution in [0, 0.1) is 10.1 Å². The van der Waals surface area contributed by atoms with E-state index in [4.69, 9.17) is 16.1 Å². The molecule has 0 unspecified atom stereocenters. The van der Waals surface area contributed by atoms with Gasteiger partial charge in [0.2, 0.25) is 0 Å². The summed E-state index contributed by atoms with van der Waals surface area (Å²) in [6.45, 7) is 0.370. The first-order valence-corrected chi connectivity index (χ1v) is 8.61. The van der Waals surface area contributed by atoms with Crippen molar-refractivity contribution in [3.05, 3.63) is 69.1 Å². The molecule has 0 radical (unpaired) electrons. The van der Waals surface area contributed by atoms with E-state index < -0.39 is 16.7 Å². The Labute approximate surface area is 168 Å². The highest BCUT2D eigenvalue weighted by Gasteiger charge is 2.16. The zero-order chi connectivity index (χ0) is 20.8. The minimum absolute atomic E-state index is 0.0893.